The Labute approximate surface area is 119 Å². The first kappa shape index (κ1) is 18.9. The lowest BCUT2D eigenvalue weighted by molar-refractivity contribution is -0.645. The molecule has 20 heavy (non-hydrogen) atoms. The molecule has 0 radical (unpaired) electrons. The van der Waals surface area contributed by atoms with Gasteiger partial charge in [-0.2, -0.15) is 4.73 Å². The highest BCUT2D eigenvalue weighted by Crippen LogP contribution is 2.08. The minimum atomic E-state index is -6.00. The lowest BCUT2D eigenvalue weighted by Crippen LogP contribution is -2.35. The van der Waals surface area contributed by atoms with Gasteiger partial charge in [-0.25, -0.2) is 0 Å². The number of nitrogens with zero attached hydrogens (tertiary/aromatic N) is 3. The lowest BCUT2D eigenvalue weighted by atomic mass is 10.3. The maximum atomic E-state index is 11.5. The van der Waals surface area contributed by atoms with Gasteiger partial charge in [0.2, 0.25) is 5.03 Å². The maximum Gasteiger partial charge on any atom is 0.673 e. The van der Waals surface area contributed by atoms with E-state index in [0.29, 0.717) is 0 Å². The number of rotatable bonds is 1. The van der Waals surface area contributed by atoms with Crippen molar-refractivity contribution >= 4 is 23.7 Å². The average Bonchev–Trinajstić information content (AvgIpc) is 2.24. The van der Waals surface area contributed by atoms with E-state index < -0.39 is 7.25 Å². The van der Waals surface area contributed by atoms with Crippen molar-refractivity contribution in [2.45, 2.75) is 5.03 Å². The van der Waals surface area contributed by atoms with Crippen molar-refractivity contribution in [3.63, 3.8) is 0 Å². The second kappa shape index (κ2) is 8.23. The molecule has 4 nitrogen and oxygen atoms in total. The van der Waals surface area contributed by atoms with Gasteiger partial charge in [0.15, 0.2) is 6.20 Å². The van der Waals surface area contributed by atoms with Crippen LogP contribution in [0, 0.1) is 5.21 Å². The molecule has 116 valence electrons. The van der Waals surface area contributed by atoms with Crippen molar-refractivity contribution in [3.05, 3.63) is 29.6 Å². The zero-order valence-corrected chi connectivity index (χ0v) is 12.5. The third-order valence-electron chi connectivity index (χ3n) is 1.82. The van der Waals surface area contributed by atoms with Gasteiger partial charge in [-0.3, -0.25) is 9.80 Å². The Balaban J connectivity index is 0.000000621. The Bertz CT molecular complexity index is 438. The van der Waals surface area contributed by atoms with Crippen molar-refractivity contribution in [2.24, 2.45) is 0 Å². The summed E-state index contributed by atoms with van der Waals surface area (Å²) < 4.78 is 39.9. The van der Waals surface area contributed by atoms with Gasteiger partial charge in [-0.15, -0.1) is 0 Å². The number of halogens is 4. The number of hydrogen-bond acceptors (Lipinski definition) is 1. The minimum absolute atomic E-state index is 0.731. The first-order chi connectivity index (χ1) is 9.02. The van der Waals surface area contributed by atoms with E-state index in [-0.39, 0.29) is 0 Å². The molecule has 0 bridgehead atoms. The van der Waals surface area contributed by atoms with E-state index in [1.807, 2.05) is 50.1 Å². The molecule has 0 spiro atoms. The minimum Gasteiger partial charge on any atom is -0.618 e. The molecule has 0 unspecified atom stereocenters. The lowest BCUT2D eigenvalue weighted by Gasteiger charge is -2.20. The molecular weight excluding hydrogens is 297 g/mol. The van der Waals surface area contributed by atoms with Crippen LogP contribution in [0.3, 0.4) is 0 Å². The number of pyridine rings is 1. The van der Waals surface area contributed by atoms with Crippen molar-refractivity contribution in [1.29, 1.82) is 0 Å². The highest BCUT2D eigenvalue weighted by Gasteiger charge is 2.20. The second-order valence-corrected chi connectivity index (χ2v) is 5.16. The van der Waals surface area contributed by atoms with Crippen LogP contribution in [0.4, 0.5) is 17.3 Å². The molecule has 0 aliphatic rings. The maximum absolute atomic E-state index is 11.5. The smallest absolute Gasteiger partial charge is 0.618 e. The van der Waals surface area contributed by atoms with Gasteiger partial charge >= 0.3 is 7.25 Å². The fourth-order valence-electron chi connectivity index (χ4n) is 1.21. The number of hydrogen-bond donors (Lipinski definition) is 1. The predicted molar refractivity (Wildman–Crippen MR) is 75.2 cm³/mol. The largest absolute Gasteiger partial charge is 0.673 e. The summed E-state index contributed by atoms with van der Waals surface area (Å²) in [6.07, 6.45) is 1.52. The summed E-state index contributed by atoms with van der Waals surface area (Å²) >= 11 is 0.912. The van der Waals surface area contributed by atoms with E-state index in [4.69, 9.17) is 0 Å². The highest BCUT2D eigenvalue weighted by atomic mass is 32.1. The Morgan fingerprint density at radius 2 is 1.55 bits per heavy atom. The van der Waals surface area contributed by atoms with Crippen LogP contribution in [0.25, 0.3) is 0 Å². The molecule has 0 saturated carbocycles. The van der Waals surface area contributed by atoms with Crippen LogP contribution >= 0.6 is 11.4 Å². The Kier molecular flexibility index (Phi) is 7.76. The highest BCUT2D eigenvalue weighted by molar-refractivity contribution is 7.98. The summed E-state index contributed by atoms with van der Waals surface area (Å²) in [7, 11) is 1.89. The predicted octanol–water partition coefficient (Wildman–Crippen LogP) is 1.66. The first-order valence-electron chi connectivity index (χ1n) is 5.51. The van der Waals surface area contributed by atoms with Crippen molar-refractivity contribution in [1.82, 2.24) is 9.80 Å². The standard InChI is InChI=1S/C10H17N3OS.BF4/c1-11(2)10(12(3)4)15-9-7-5-6-8-13(9)14;2-1(3,4)5/h5-8,15H,1-4H3;/q;-1. The fourth-order valence-corrected chi connectivity index (χ4v) is 2.14. The van der Waals surface area contributed by atoms with Crippen LogP contribution in [0.5, 0.6) is 0 Å². The molecule has 1 aromatic rings. The molecule has 0 fully saturated rings. The van der Waals surface area contributed by atoms with E-state index >= 15 is 0 Å². The quantitative estimate of drug-likeness (QED) is 0.214. The monoisotopic (exact) mass is 314 g/mol. The molecule has 0 aliphatic heterocycles. The van der Waals surface area contributed by atoms with E-state index in [9.17, 15) is 22.5 Å². The molecule has 0 atom stereocenters. The molecule has 1 rings (SSSR count). The van der Waals surface area contributed by atoms with E-state index in [1.54, 1.807) is 6.07 Å². The molecule has 10 heteroatoms. The van der Waals surface area contributed by atoms with Crippen molar-refractivity contribution in [3.8, 4) is 0 Å². The second-order valence-electron chi connectivity index (χ2n) is 4.08. The third kappa shape index (κ3) is 8.89. The van der Waals surface area contributed by atoms with Crippen LogP contribution in [0.2, 0.25) is 0 Å². The summed E-state index contributed by atoms with van der Waals surface area (Å²) in [5.74, 6) is 0. The summed E-state index contributed by atoms with van der Waals surface area (Å²) in [6, 6.07) is 5.44. The topological polar surface area (TPSA) is 33.4 Å². The molecule has 0 aromatic carbocycles. The Morgan fingerprint density at radius 3 is 1.90 bits per heavy atom. The number of thiol groups is 1. The Morgan fingerprint density at radius 1 is 1.10 bits per heavy atom. The summed E-state index contributed by atoms with van der Waals surface area (Å²) in [5.41, 5.74) is 0. The molecule has 1 heterocycles. The summed E-state index contributed by atoms with van der Waals surface area (Å²) in [4.78, 5) is 4.02. The van der Waals surface area contributed by atoms with Crippen LogP contribution in [0.1, 0.15) is 0 Å². The normalized spacial score (nSPS) is 11.3. The van der Waals surface area contributed by atoms with Gasteiger partial charge in [-0.05, 0) is 34.3 Å². The van der Waals surface area contributed by atoms with E-state index in [0.717, 1.165) is 26.2 Å². The Hall–Kier alpha value is -1.13. The van der Waals surface area contributed by atoms with Gasteiger partial charge in [0.25, 0.3) is 0 Å². The zero-order chi connectivity index (χ0) is 15.9. The molecule has 0 amide bonds. The summed E-state index contributed by atoms with van der Waals surface area (Å²) in [5, 5.41) is 13.3. The fraction of sp³-hybridized carbons (Fsp3) is 0.400. The van der Waals surface area contributed by atoms with E-state index in [2.05, 4.69) is 0 Å². The molecular formula is C10H17BF4N3OS-. The summed E-state index contributed by atoms with van der Waals surface area (Å²) in [6.45, 7) is 0. The zero-order valence-electron chi connectivity index (χ0n) is 11.6. The SMILES string of the molecule is CN(C)C(=[SH]c1cccc[n+]1[O-])N(C)C.F[B-](F)(F)F. The van der Waals surface area contributed by atoms with Gasteiger partial charge in [0.1, 0.15) is 0 Å². The van der Waals surface area contributed by atoms with Crippen LogP contribution < -0.4 is 4.73 Å². The molecule has 0 N–H and O–H groups in total. The van der Waals surface area contributed by atoms with Gasteiger partial charge in [-0.1, -0.05) is 11.4 Å². The van der Waals surface area contributed by atoms with Crippen LogP contribution in [-0.4, -0.2) is 50.4 Å². The van der Waals surface area contributed by atoms with E-state index in [1.165, 1.54) is 6.20 Å². The first-order valence-corrected chi connectivity index (χ1v) is 6.40. The van der Waals surface area contributed by atoms with Crippen molar-refractivity contribution in [2.75, 3.05) is 28.2 Å². The molecule has 0 saturated heterocycles. The van der Waals surface area contributed by atoms with Gasteiger partial charge in [0.05, 0.1) is 5.11 Å². The molecule has 0 aliphatic carbocycles. The number of aromatic nitrogens is 1. The average molecular weight is 314 g/mol. The molecule has 1 aromatic heterocycles. The van der Waals surface area contributed by atoms with Crippen LogP contribution in [0.15, 0.2) is 29.4 Å². The third-order valence-corrected chi connectivity index (χ3v) is 3.39. The van der Waals surface area contributed by atoms with Gasteiger partial charge in [0, 0.05) is 12.1 Å². The van der Waals surface area contributed by atoms with Crippen molar-refractivity contribution < 1.29 is 22.0 Å². The van der Waals surface area contributed by atoms with Crippen LogP contribution in [-0.2, 0) is 0 Å². The van der Waals surface area contributed by atoms with Gasteiger partial charge < -0.3 is 22.5 Å².